The molecule has 1 amide bonds. The van der Waals surface area contributed by atoms with Crippen LogP contribution < -0.4 is 5.32 Å². The lowest BCUT2D eigenvalue weighted by Gasteiger charge is -2.40. The number of aliphatic hydroxyl groups is 7. The van der Waals surface area contributed by atoms with Crippen LogP contribution in [0.25, 0.3) is 0 Å². The molecule has 1 fully saturated rings. The molecule has 9 atom stereocenters. The normalized spacial score (nSPS) is 19.8. The van der Waals surface area contributed by atoms with Gasteiger partial charge in [-0.25, -0.2) is 0 Å². The van der Waals surface area contributed by atoms with Gasteiger partial charge >= 0.3 is 0 Å². The van der Waals surface area contributed by atoms with Gasteiger partial charge in [0.1, 0.15) is 36.6 Å². The first-order valence-corrected chi connectivity index (χ1v) is 32.2. The summed E-state index contributed by atoms with van der Waals surface area (Å²) in [7, 11) is 0. The summed E-state index contributed by atoms with van der Waals surface area (Å²) >= 11 is 0. The number of carbonyl (C=O) groups is 1. The Balaban J connectivity index is 2.28. The third kappa shape index (κ3) is 41.3. The molecule has 1 aliphatic rings. The first-order chi connectivity index (χ1) is 36.7. The standard InChI is InChI=1S/C64H123NO10/c1-3-5-7-9-11-13-15-17-19-21-23-25-27-28-30-31-33-35-37-39-41-43-45-47-49-51-56(67)59(69)55(54-74-64-62(72)61(71)60(70)58(53-66)75-64)65-63(73)57(68)52-50-48-46-44-42-40-38-36-34-32-29-26-24-22-20-18-16-14-12-10-8-6-4-2/h32,34,43,45,55-62,64,66-72H,3-31,33,35-42,44,46-54H2,1-2H3,(H,65,73)/b34-32-,45-43+. The molecular formula is C64H123NO10. The van der Waals surface area contributed by atoms with Crippen LogP contribution in [-0.2, 0) is 14.3 Å². The highest BCUT2D eigenvalue weighted by atomic mass is 16.7. The number of unbranched alkanes of at least 4 members (excludes halogenated alkanes) is 40. The fourth-order valence-corrected chi connectivity index (χ4v) is 10.5. The van der Waals surface area contributed by atoms with E-state index in [0.717, 1.165) is 44.9 Å². The number of rotatable bonds is 56. The van der Waals surface area contributed by atoms with Gasteiger partial charge in [0.25, 0.3) is 0 Å². The molecule has 9 unspecified atom stereocenters. The molecule has 1 saturated heterocycles. The van der Waals surface area contributed by atoms with Gasteiger partial charge in [0.15, 0.2) is 6.29 Å². The van der Waals surface area contributed by atoms with Crippen LogP contribution in [0.2, 0.25) is 0 Å². The number of carbonyl (C=O) groups excluding carboxylic acids is 1. The molecule has 0 spiro atoms. The van der Waals surface area contributed by atoms with E-state index in [1.807, 2.05) is 0 Å². The largest absolute Gasteiger partial charge is 0.394 e. The quantitative estimate of drug-likeness (QED) is 0.0215. The number of hydrogen-bond donors (Lipinski definition) is 8. The molecule has 0 aromatic heterocycles. The second kappa shape index (κ2) is 53.2. The Labute approximate surface area is 461 Å². The third-order valence-corrected chi connectivity index (χ3v) is 15.7. The van der Waals surface area contributed by atoms with Crippen LogP contribution in [0, 0.1) is 0 Å². The molecular weight excluding hydrogens is 943 g/mol. The van der Waals surface area contributed by atoms with Gasteiger partial charge in [0, 0.05) is 0 Å². The summed E-state index contributed by atoms with van der Waals surface area (Å²) in [5, 5.41) is 76.3. The van der Waals surface area contributed by atoms with Crippen molar-refractivity contribution in [1.29, 1.82) is 0 Å². The maximum absolute atomic E-state index is 13.2. The first kappa shape index (κ1) is 71.6. The molecule has 11 nitrogen and oxygen atoms in total. The van der Waals surface area contributed by atoms with Crippen molar-refractivity contribution >= 4 is 5.91 Å². The Hall–Kier alpha value is -1.41. The zero-order valence-electron chi connectivity index (χ0n) is 48.8. The molecule has 0 aromatic rings. The summed E-state index contributed by atoms with van der Waals surface area (Å²) in [5.41, 5.74) is 0. The Kier molecular flexibility index (Phi) is 50.8. The van der Waals surface area contributed by atoms with Crippen molar-refractivity contribution in [1.82, 2.24) is 5.32 Å². The Morgan fingerprint density at radius 3 is 1.15 bits per heavy atom. The zero-order valence-corrected chi connectivity index (χ0v) is 48.8. The predicted molar refractivity (Wildman–Crippen MR) is 312 cm³/mol. The fraction of sp³-hybridized carbons (Fsp3) is 0.922. The third-order valence-electron chi connectivity index (χ3n) is 15.7. The highest BCUT2D eigenvalue weighted by Gasteiger charge is 2.44. The van der Waals surface area contributed by atoms with E-state index in [4.69, 9.17) is 9.47 Å². The van der Waals surface area contributed by atoms with Crippen LogP contribution >= 0.6 is 0 Å². The minimum atomic E-state index is -1.67. The van der Waals surface area contributed by atoms with Crippen molar-refractivity contribution in [3.63, 3.8) is 0 Å². The van der Waals surface area contributed by atoms with E-state index >= 15 is 0 Å². The van der Waals surface area contributed by atoms with E-state index < -0.39 is 74.2 Å². The lowest BCUT2D eigenvalue weighted by atomic mass is 9.98. The van der Waals surface area contributed by atoms with E-state index in [1.165, 1.54) is 225 Å². The average Bonchev–Trinajstić information content (AvgIpc) is 3.41. The molecule has 0 aliphatic carbocycles. The van der Waals surface area contributed by atoms with Crippen LogP contribution in [0.4, 0.5) is 0 Å². The number of nitrogens with one attached hydrogen (secondary N) is 1. The van der Waals surface area contributed by atoms with E-state index in [2.05, 4.69) is 43.5 Å². The molecule has 0 saturated carbocycles. The predicted octanol–water partition coefficient (Wildman–Crippen LogP) is 14.5. The van der Waals surface area contributed by atoms with Gasteiger partial charge in [-0.3, -0.25) is 4.79 Å². The second-order valence-electron chi connectivity index (χ2n) is 22.8. The van der Waals surface area contributed by atoms with Gasteiger partial charge in [-0.2, -0.15) is 0 Å². The summed E-state index contributed by atoms with van der Waals surface area (Å²) in [6.45, 7) is 3.49. The van der Waals surface area contributed by atoms with Crippen molar-refractivity contribution in [2.75, 3.05) is 13.2 Å². The van der Waals surface area contributed by atoms with Gasteiger partial charge in [-0.05, 0) is 64.2 Å². The summed E-state index contributed by atoms with van der Waals surface area (Å²) < 4.78 is 11.2. The van der Waals surface area contributed by atoms with Gasteiger partial charge < -0.3 is 50.5 Å². The number of aliphatic hydroxyl groups excluding tert-OH is 7. The molecule has 1 rings (SSSR count). The Bertz CT molecular complexity index is 1270. The number of hydrogen-bond acceptors (Lipinski definition) is 10. The van der Waals surface area contributed by atoms with Gasteiger partial charge in [-0.1, -0.05) is 269 Å². The van der Waals surface area contributed by atoms with Gasteiger partial charge in [-0.15, -0.1) is 0 Å². The molecule has 11 heteroatoms. The Morgan fingerprint density at radius 1 is 0.453 bits per heavy atom. The van der Waals surface area contributed by atoms with Crippen LogP contribution in [0.1, 0.15) is 309 Å². The SMILES string of the molecule is CCCCCCCCCCCCCC/C=C\CCCCCCCCCC(O)C(=O)NC(COC1OC(CO)C(O)C(O)C1O)C(O)C(O)CCC/C=C/CCCCCCCCCCCCCCCCCCCCCC. The summed E-state index contributed by atoms with van der Waals surface area (Å²) in [4.78, 5) is 13.2. The smallest absolute Gasteiger partial charge is 0.249 e. The monoisotopic (exact) mass is 1070 g/mol. The zero-order chi connectivity index (χ0) is 54.7. The van der Waals surface area contributed by atoms with Gasteiger partial charge in [0.2, 0.25) is 5.91 Å². The van der Waals surface area contributed by atoms with Crippen LogP contribution in [-0.4, -0.2) is 110 Å². The highest BCUT2D eigenvalue weighted by molar-refractivity contribution is 5.80. The molecule has 1 aliphatic heterocycles. The minimum Gasteiger partial charge on any atom is -0.394 e. The van der Waals surface area contributed by atoms with Crippen molar-refractivity contribution < 1.29 is 50.0 Å². The molecule has 444 valence electrons. The molecule has 1 heterocycles. The van der Waals surface area contributed by atoms with Crippen molar-refractivity contribution in [2.45, 2.75) is 364 Å². The molecule has 0 bridgehead atoms. The number of amides is 1. The molecule has 8 N–H and O–H groups in total. The van der Waals surface area contributed by atoms with Crippen LogP contribution in [0.5, 0.6) is 0 Å². The van der Waals surface area contributed by atoms with Crippen LogP contribution in [0.3, 0.4) is 0 Å². The Morgan fingerprint density at radius 2 is 0.787 bits per heavy atom. The lowest BCUT2D eigenvalue weighted by Crippen LogP contribution is -2.60. The van der Waals surface area contributed by atoms with E-state index in [9.17, 15) is 40.5 Å². The number of allylic oxidation sites excluding steroid dienone is 4. The van der Waals surface area contributed by atoms with Crippen molar-refractivity contribution in [3.8, 4) is 0 Å². The van der Waals surface area contributed by atoms with Crippen LogP contribution in [0.15, 0.2) is 24.3 Å². The maximum atomic E-state index is 13.2. The topological polar surface area (TPSA) is 189 Å². The molecule has 0 radical (unpaired) electrons. The first-order valence-electron chi connectivity index (χ1n) is 32.2. The summed E-state index contributed by atoms with van der Waals surface area (Å²) in [6, 6.07) is -1.19. The second-order valence-corrected chi connectivity index (χ2v) is 22.8. The summed E-state index contributed by atoms with van der Waals surface area (Å²) in [6.07, 6.45) is 53.9. The lowest BCUT2D eigenvalue weighted by molar-refractivity contribution is -0.303. The summed E-state index contributed by atoms with van der Waals surface area (Å²) in [5.74, 6) is -0.705. The van der Waals surface area contributed by atoms with E-state index in [-0.39, 0.29) is 12.8 Å². The van der Waals surface area contributed by atoms with E-state index in [1.54, 1.807) is 0 Å². The highest BCUT2D eigenvalue weighted by Crippen LogP contribution is 2.24. The maximum Gasteiger partial charge on any atom is 0.249 e. The van der Waals surface area contributed by atoms with Crippen molar-refractivity contribution in [2.24, 2.45) is 0 Å². The molecule has 0 aromatic carbocycles. The fourth-order valence-electron chi connectivity index (χ4n) is 10.5. The van der Waals surface area contributed by atoms with Gasteiger partial charge in [0.05, 0.1) is 25.4 Å². The minimum absolute atomic E-state index is 0.251. The number of ether oxygens (including phenoxy) is 2. The van der Waals surface area contributed by atoms with Crippen molar-refractivity contribution in [3.05, 3.63) is 24.3 Å². The average molecular weight is 1070 g/mol. The van der Waals surface area contributed by atoms with E-state index in [0.29, 0.717) is 12.8 Å². The molecule has 75 heavy (non-hydrogen) atoms.